The number of carbonyl (C=O) groups is 1. The standard InChI is InChI=1S/C24H28F2N8O2/c1-24(2,3)36-23(35)33-12-15-10-32(11-16(15)13-33)22-29-14-28-21(30-22)27-9-17-7-8-34(31-17)20-18(25)5-4-6-19(20)26/h4-8,14-16H,9-13H2,1-3H3,(H,27,28,29,30)/t15-,16+. The number of benzene rings is 1. The van der Waals surface area contributed by atoms with Crippen molar-refractivity contribution in [2.45, 2.75) is 32.9 Å². The molecule has 2 atom stereocenters. The Morgan fingerprint density at radius 1 is 1.08 bits per heavy atom. The molecule has 2 aliphatic heterocycles. The Kier molecular flexibility index (Phi) is 6.19. The van der Waals surface area contributed by atoms with Crippen LogP contribution in [0.4, 0.5) is 25.5 Å². The molecule has 1 amide bonds. The van der Waals surface area contributed by atoms with E-state index in [4.69, 9.17) is 4.74 Å². The second-order valence-electron chi connectivity index (χ2n) is 10.1. The zero-order valence-corrected chi connectivity index (χ0v) is 20.4. The Morgan fingerprint density at radius 2 is 1.78 bits per heavy atom. The van der Waals surface area contributed by atoms with E-state index in [0.717, 1.165) is 13.1 Å². The van der Waals surface area contributed by atoms with Gasteiger partial charge in [0.1, 0.15) is 17.6 Å². The molecule has 1 N–H and O–H groups in total. The first-order valence-corrected chi connectivity index (χ1v) is 11.8. The number of halogens is 2. The predicted octanol–water partition coefficient (Wildman–Crippen LogP) is 3.25. The van der Waals surface area contributed by atoms with E-state index in [1.165, 1.54) is 35.4 Å². The summed E-state index contributed by atoms with van der Waals surface area (Å²) in [7, 11) is 0. The highest BCUT2D eigenvalue weighted by atomic mass is 19.1. The molecule has 36 heavy (non-hydrogen) atoms. The molecule has 0 unspecified atom stereocenters. The van der Waals surface area contributed by atoms with E-state index in [9.17, 15) is 13.6 Å². The number of carbonyl (C=O) groups excluding carboxylic acids is 1. The van der Waals surface area contributed by atoms with Crippen molar-refractivity contribution < 1.29 is 18.3 Å². The number of amides is 1. The third-order valence-corrected chi connectivity index (χ3v) is 6.22. The lowest BCUT2D eigenvalue weighted by atomic mass is 10.0. The summed E-state index contributed by atoms with van der Waals surface area (Å²) in [6.07, 6.45) is 2.68. The highest BCUT2D eigenvalue weighted by Crippen LogP contribution is 2.33. The van der Waals surface area contributed by atoms with E-state index in [1.54, 1.807) is 11.0 Å². The predicted molar refractivity (Wildman–Crippen MR) is 128 cm³/mol. The van der Waals surface area contributed by atoms with Crippen LogP contribution in [-0.2, 0) is 11.3 Å². The molecule has 0 spiro atoms. The van der Waals surface area contributed by atoms with Gasteiger partial charge in [-0.2, -0.15) is 10.1 Å². The first-order chi connectivity index (χ1) is 17.2. The average Bonchev–Trinajstić information content (AvgIpc) is 3.52. The molecule has 0 aliphatic carbocycles. The normalized spacial score (nSPS) is 19.5. The third-order valence-electron chi connectivity index (χ3n) is 6.22. The molecule has 5 rings (SSSR count). The molecule has 1 aromatic carbocycles. The van der Waals surface area contributed by atoms with E-state index in [2.05, 4.69) is 30.3 Å². The average molecular weight is 499 g/mol. The maximum absolute atomic E-state index is 14.0. The summed E-state index contributed by atoms with van der Waals surface area (Å²) in [4.78, 5) is 29.3. The monoisotopic (exact) mass is 498 g/mol. The fourth-order valence-corrected chi connectivity index (χ4v) is 4.62. The van der Waals surface area contributed by atoms with Crippen molar-refractivity contribution in [2.75, 3.05) is 36.4 Å². The lowest BCUT2D eigenvalue weighted by Crippen LogP contribution is -2.37. The molecule has 3 aromatic rings. The van der Waals surface area contributed by atoms with Crippen LogP contribution in [0.1, 0.15) is 26.5 Å². The molecule has 0 radical (unpaired) electrons. The minimum Gasteiger partial charge on any atom is -0.444 e. The molecule has 190 valence electrons. The quantitative estimate of drug-likeness (QED) is 0.572. The number of nitrogens with one attached hydrogen (secondary N) is 1. The van der Waals surface area contributed by atoms with Gasteiger partial charge in [-0.3, -0.25) is 0 Å². The molecule has 4 heterocycles. The number of nitrogens with zero attached hydrogens (tertiary/aromatic N) is 7. The molecule has 2 fully saturated rings. The van der Waals surface area contributed by atoms with Gasteiger partial charge in [-0.05, 0) is 39.0 Å². The van der Waals surface area contributed by atoms with Crippen molar-refractivity contribution in [3.05, 3.63) is 54.1 Å². The number of aromatic nitrogens is 5. The fourth-order valence-electron chi connectivity index (χ4n) is 4.62. The summed E-state index contributed by atoms with van der Waals surface area (Å²) in [5.41, 5.74) is -0.171. The van der Waals surface area contributed by atoms with Crippen LogP contribution in [-0.4, -0.2) is 67.5 Å². The van der Waals surface area contributed by atoms with Gasteiger partial charge in [-0.15, -0.1) is 0 Å². The second-order valence-corrected chi connectivity index (χ2v) is 10.1. The molecule has 2 aromatic heterocycles. The minimum atomic E-state index is -0.690. The van der Waals surface area contributed by atoms with Crippen molar-refractivity contribution in [2.24, 2.45) is 11.8 Å². The van der Waals surface area contributed by atoms with Crippen molar-refractivity contribution in [1.29, 1.82) is 0 Å². The Morgan fingerprint density at radius 3 is 2.44 bits per heavy atom. The number of para-hydroxylation sites is 1. The number of ether oxygens (including phenoxy) is 1. The van der Waals surface area contributed by atoms with Crippen molar-refractivity contribution in [1.82, 2.24) is 29.6 Å². The van der Waals surface area contributed by atoms with Crippen LogP contribution < -0.4 is 10.2 Å². The van der Waals surface area contributed by atoms with Gasteiger partial charge in [0, 0.05) is 44.2 Å². The van der Waals surface area contributed by atoms with Crippen LogP contribution in [0.5, 0.6) is 0 Å². The minimum absolute atomic E-state index is 0.226. The van der Waals surface area contributed by atoms with Gasteiger partial charge in [0.2, 0.25) is 11.9 Å². The van der Waals surface area contributed by atoms with Crippen molar-refractivity contribution in [3.63, 3.8) is 0 Å². The first kappa shape index (κ1) is 23.9. The molecular formula is C24H28F2N8O2. The summed E-state index contributed by atoms with van der Waals surface area (Å²) < 4.78 is 34.7. The summed E-state index contributed by atoms with van der Waals surface area (Å²) in [6, 6.07) is 5.35. The van der Waals surface area contributed by atoms with Crippen LogP contribution >= 0.6 is 0 Å². The Labute approximate surface area is 207 Å². The number of hydrogen-bond acceptors (Lipinski definition) is 8. The van der Waals surface area contributed by atoms with Gasteiger partial charge in [-0.25, -0.2) is 28.2 Å². The third kappa shape index (κ3) is 5.07. The first-order valence-electron chi connectivity index (χ1n) is 11.8. The van der Waals surface area contributed by atoms with E-state index in [0.29, 0.717) is 42.5 Å². The molecule has 0 bridgehead atoms. The smallest absolute Gasteiger partial charge is 0.410 e. The summed E-state index contributed by atoms with van der Waals surface area (Å²) in [6.45, 7) is 8.65. The van der Waals surface area contributed by atoms with Gasteiger partial charge in [0.05, 0.1) is 12.2 Å². The van der Waals surface area contributed by atoms with Gasteiger partial charge in [0.15, 0.2) is 11.6 Å². The molecule has 2 aliphatic rings. The maximum atomic E-state index is 14.0. The summed E-state index contributed by atoms with van der Waals surface area (Å²) in [5, 5.41) is 7.34. The van der Waals surface area contributed by atoms with E-state index in [-0.39, 0.29) is 18.3 Å². The maximum Gasteiger partial charge on any atom is 0.410 e. The van der Waals surface area contributed by atoms with Crippen LogP contribution in [0.25, 0.3) is 5.69 Å². The fraction of sp³-hybridized carbons (Fsp3) is 0.458. The summed E-state index contributed by atoms with van der Waals surface area (Å²) >= 11 is 0. The van der Waals surface area contributed by atoms with Gasteiger partial charge >= 0.3 is 6.09 Å². The van der Waals surface area contributed by atoms with Gasteiger partial charge in [0.25, 0.3) is 0 Å². The van der Waals surface area contributed by atoms with Crippen molar-refractivity contribution >= 4 is 18.0 Å². The lowest BCUT2D eigenvalue weighted by Gasteiger charge is -2.26. The van der Waals surface area contributed by atoms with Crippen LogP contribution in [0.2, 0.25) is 0 Å². The zero-order valence-electron chi connectivity index (χ0n) is 20.4. The SMILES string of the molecule is CC(C)(C)OC(=O)N1C[C@@H]2CN(c3ncnc(NCc4ccn(-c5c(F)cccc5F)n4)n3)C[C@@H]2C1. The largest absolute Gasteiger partial charge is 0.444 e. The van der Waals surface area contributed by atoms with Gasteiger partial charge in [-0.1, -0.05) is 6.07 Å². The van der Waals surface area contributed by atoms with Crippen LogP contribution in [0, 0.1) is 23.5 Å². The molecule has 2 saturated heterocycles. The molecule has 10 nitrogen and oxygen atoms in total. The lowest BCUT2D eigenvalue weighted by molar-refractivity contribution is 0.0282. The summed E-state index contributed by atoms with van der Waals surface area (Å²) in [5.74, 6) is 0.208. The van der Waals surface area contributed by atoms with Crippen LogP contribution in [0.15, 0.2) is 36.8 Å². The topological polar surface area (TPSA) is 101 Å². The second kappa shape index (κ2) is 9.32. The molecule has 12 heteroatoms. The van der Waals surface area contributed by atoms with Crippen molar-refractivity contribution in [3.8, 4) is 5.69 Å². The van der Waals surface area contributed by atoms with E-state index in [1.807, 2.05) is 20.8 Å². The van der Waals surface area contributed by atoms with Crippen LogP contribution in [0.3, 0.4) is 0 Å². The number of likely N-dealkylation sites (tertiary alicyclic amines) is 1. The number of fused-ring (bicyclic) bond motifs is 1. The Balaban J connectivity index is 1.18. The highest BCUT2D eigenvalue weighted by Gasteiger charge is 2.43. The van der Waals surface area contributed by atoms with Gasteiger partial charge < -0.3 is 19.9 Å². The number of rotatable bonds is 5. The highest BCUT2D eigenvalue weighted by molar-refractivity contribution is 5.68. The molecular weight excluding hydrogens is 470 g/mol. The number of hydrogen-bond donors (Lipinski definition) is 1. The Hall–Kier alpha value is -3.83. The molecule has 0 saturated carbocycles. The zero-order chi connectivity index (χ0) is 25.4. The van der Waals surface area contributed by atoms with E-state index >= 15 is 0 Å². The Bertz CT molecular complexity index is 1230. The number of anilines is 2. The van der Waals surface area contributed by atoms with E-state index < -0.39 is 17.2 Å².